The van der Waals surface area contributed by atoms with E-state index in [4.69, 9.17) is 20.8 Å². The predicted molar refractivity (Wildman–Crippen MR) is 129 cm³/mol. The number of hydrogen-bond acceptors (Lipinski definition) is 4. The first-order chi connectivity index (χ1) is 15.0. The van der Waals surface area contributed by atoms with E-state index in [0.29, 0.717) is 28.5 Å². The molecule has 8 heteroatoms. The van der Waals surface area contributed by atoms with E-state index in [9.17, 15) is 4.79 Å². The molecule has 4 rings (SSSR count). The summed E-state index contributed by atoms with van der Waals surface area (Å²) in [6.45, 7) is 0.376. The van der Waals surface area contributed by atoms with E-state index in [0.717, 1.165) is 19.9 Å². The molecule has 1 heterocycles. The Hall–Kier alpha value is -2.61. The number of amides is 1. The molecule has 0 aliphatic rings. The molecule has 5 nitrogen and oxygen atoms in total. The van der Waals surface area contributed by atoms with Crippen LogP contribution < -0.4 is 10.2 Å². The van der Waals surface area contributed by atoms with Crippen LogP contribution in [0, 0.1) is 0 Å². The average Bonchev–Trinajstić information content (AvgIpc) is 3.17. The number of rotatable bonds is 6. The predicted octanol–water partition coefficient (Wildman–Crippen LogP) is 6.95. The van der Waals surface area contributed by atoms with Crippen LogP contribution in [0.15, 0.2) is 85.2 Å². The van der Waals surface area contributed by atoms with E-state index in [1.807, 2.05) is 54.6 Å². The standard InChI is InChI=1S/C23H15Br2ClN2O3/c24-17-4-8-21-15(9-17)11-22(31-21)23(29)28-27-12-16-10-18(25)3-7-20(16)30-13-14-1-5-19(26)6-2-14/h1-12H,13H2,(H,28,29)/b27-12+. The smallest absolute Gasteiger partial charge is 0.307 e. The number of nitrogens with zero attached hydrogens (tertiary/aromatic N) is 1. The Balaban J connectivity index is 1.45. The van der Waals surface area contributed by atoms with Crippen molar-refractivity contribution in [1.29, 1.82) is 0 Å². The van der Waals surface area contributed by atoms with Gasteiger partial charge in [-0.25, -0.2) is 5.43 Å². The first-order valence-corrected chi connectivity index (χ1v) is 11.1. The highest BCUT2D eigenvalue weighted by molar-refractivity contribution is 9.10. The van der Waals surface area contributed by atoms with E-state index >= 15 is 0 Å². The lowest BCUT2D eigenvalue weighted by molar-refractivity contribution is 0.0929. The summed E-state index contributed by atoms with van der Waals surface area (Å²) in [6.07, 6.45) is 1.53. The molecule has 0 saturated carbocycles. The summed E-state index contributed by atoms with van der Waals surface area (Å²) in [6, 6.07) is 20.2. The summed E-state index contributed by atoms with van der Waals surface area (Å²) < 4.78 is 13.3. The van der Waals surface area contributed by atoms with Gasteiger partial charge in [-0.15, -0.1) is 0 Å². The van der Waals surface area contributed by atoms with E-state index in [1.165, 1.54) is 6.21 Å². The van der Waals surface area contributed by atoms with Crippen molar-refractivity contribution in [2.45, 2.75) is 6.61 Å². The SMILES string of the molecule is O=C(N/N=C/c1cc(Br)ccc1OCc1ccc(Cl)cc1)c1cc2cc(Br)ccc2o1. The molecule has 0 radical (unpaired) electrons. The molecule has 0 saturated heterocycles. The number of carbonyl (C=O) groups is 1. The molecule has 0 aliphatic heterocycles. The van der Waals surface area contributed by atoms with Gasteiger partial charge in [0.25, 0.3) is 0 Å². The minimum Gasteiger partial charge on any atom is -0.488 e. The van der Waals surface area contributed by atoms with Crippen LogP contribution in [-0.2, 0) is 6.61 Å². The third-order valence-corrected chi connectivity index (χ3v) is 5.59. The van der Waals surface area contributed by atoms with Crippen molar-refractivity contribution < 1.29 is 13.9 Å². The van der Waals surface area contributed by atoms with Gasteiger partial charge in [0, 0.05) is 24.9 Å². The van der Waals surface area contributed by atoms with Crippen LogP contribution >= 0.6 is 43.5 Å². The Labute approximate surface area is 200 Å². The number of halogens is 3. The van der Waals surface area contributed by atoms with E-state index in [-0.39, 0.29) is 5.76 Å². The molecule has 0 bridgehead atoms. The van der Waals surface area contributed by atoms with Crippen molar-refractivity contribution in [3.63, 3.8) is 0 Å². The van der Waals surface area contributed by atoms with Crippen LogP contribution in [0.3, 0.4) is 0 Å². The van der Waals surface area contributed by atoms with Crippen LogP contribution in [0.25, 0.3) is 11.0 Å². The molecule has 1 amide bonds. The second-order valence-electron chi connectivity index (χ2n) is 6.59. The molecular weight excluding hydrogens is 548 g/mol. The number of hydrogen-bond donors (Lipinski definition) is 1. The number of hydrazone groups is 1. The van der Waals surface area contributed by atoms with Gasteiger partial charge in [0.1, 0.15) is 17.9 Å². The molecule has 1 N–H and O–H groups in total. The Morgan fingerprint density at radius 3 is 2.58 bits per heavy atom. The number of benzene rings is 3. The Morgan fingerprint density at radius 2 is 1.77 bits per heavy atom. The third kappa shape index (κ3) is 5.55. The number of fused-ring (bicyclic) bond motifs is 1. The normalized spacial score (nSPS) is 11.2. The van der Waals surface area contributed by atoms with Gasteiger partial charge >= 0.3 is 5.91 Å². The van der Waals surface area contributed by atoms with E-state index < -0.39 is 5.91 Å². The molecule has 3 aromatic carbocycles. The summed E-state index contributed by atoms with van der Waals surface area (Å²) in [7, 11) is 0. The maximum Gasteiger partial charge on any atom is 0.307 e. The maximum absolute atomic E-state index is 12.4. The monoisotopic (exact) mass is 560 g/mol. The van der Waals surface area contributed by atoms with Gasteiger partial charge in [0.15, 0.2) is 5.76 Å². The molecule has 4 aromatic rings. The Bertz CT molecular complexity index is 1270. The largest absolute Gasteiger partial charge is 0.488 e. The quantitative estimate of drug-likeness (QED) is 0.204. The topological polar surface area (TPSA) is 63.8 Å². The fraction of sp³-hybridized carbons (Fsp3) is 0.0435. The van der Waals surface area contributed by atoms with Gasteiger partial charge < -0.3 is 9.15 Å². The minimum atomic E-state index is -0.442. The van der Waals surface area contributed by atoms with Crippen LogP contribution in [0.2, 0.25) is 5.02 Å². The molecule has 0 atom stereocenters. The lowest BCUT2D eigenvalue weighted by Gasteiger charge is -2.10. The van der Waals surface area contributed by atoms with Gasteiger partial charge in [0.05, 0.1) is 6.21 Å². The zero-order chi connectivity index (χ0) is 21.8. The Morgan fingerprint density at radius 1 is 1.03 bits per heavy atom. The van der Waals surface area contributed by atoms with Gasteiger partial charge in [0.2, 0.25) is 0 Å². The highest BCUT2D eigenvalue weighted by Crippen LogP contribution is 2.24. The number of nitrogens with one attached hydrogen (secondary N) is 1. The van der Waals surface area contributed by atoms with Gasteiger partial charge in [-0.2, -0.15) is 5.10 Å². The third-order valence-electron chi connectivity index (χ3n) is 4.35. The summed E-state index contributed by atoms with van der Waals surface area (Å²) in [5.41, 5.74) is 4.81. The zero-order valence-corrected chi connectivity index (χ0v) is 19.9. The highest BCUT2D eigenvalue weighted by Gasteiger charge is 2.12. The summed E-state index contributed by atoms with van der Waals surface area (Å²) >= 11 is 12.8. The first kappa shape index (κ1) is 21.6. The van der Waals surface area contributed by atoms with Crippen molar-refractivity contribution in [2.24, 2.45) is 5.10 Å². The minimum absolute atomic E-state index is 0.179. The first-order valence-electron chi connectivity index (χ1n) is 9.17. The molecule has 31 heavy (non-hydrogen) atoms. The maximum atomic E-state index is 12.4. The van der Waals surface area contributed by atoms with Gasteiger partial charge in [-0.05, 0) is 60.2 Å². The van der Waals surface area contributed by atoms with Crippen LogP contribution in [0.1, 0.15) is 21.7 Å². The molecule has 0 aliphatic carbocycles. The Kier molecular flexibility index (Phi) is 6.75. The molecule has 0 fully saturated rings. The molecule has 156 valence electrons. The van der Waals surface area contributed by atoms with Crippen molar-refractivity contribution in [2.75, 3.05) is 0 Å². The second kappa shape index (κ2) is 9.68. The summed E-state index contributed by atoms with van der Waals surface area (Å²) in [4.78, 5) is 12.4. The summed E-state index contributed by atoms with van der Waals surface area (Å²) in [5, 5.41) is 5.56. The second-order valence-corrected chi connectivity index (χ2v) is 8.86. The molecular formula is C23H15Br2ClN2O3. The van der Waals surface area contributed by atoms with Crippen LogP contribution in [0.4, 0.5) is 0 Å². The molecule has 0 spiro atoms. The lowest BCUT2D eigenvalue weighted by atomic mass is 10.2. The van der Waals surface area contributed by atoms with Crippen molar-refractivity contribution in [3.8, 4) is 5.75 Å². The molecule has 0 unspecified atom stereocenters. The number of carbonyl (C=O) groups excluding carboxylic acids is 1. The van der Waals surface area contributed by atoms with Crippen molar-refractivity contribution >= 4 is 66.6 Å². The fourth-order valence-electron chi connectivity index (χ4n) is 2.84. The van der Waals surface area contributed by atoms with E-state index in [1.54, 1.807) is 12.1 Å². The number of furan rings is 1. The van der Waals surface area contributed by atoms with Crippen LogP contribution in [0.5, 0.6) is 5.75 Å². The average molecular weight is 563 g/mol. The molecule has 1 aromatic heterocycles. The fourth-order valence-corrected chi connectivity index (χ4v) is 3.72. The van der Waals surface area contributed by atoms with Crippen molar-refractivity contribution in [3.05, 3.63) is 97.6 Å². The zero-order valence-electron chi connectivity index (χ0n) is 15.9. The van der Waals surface area contributed by atoms with Gasteiger partial charge in [-0.3, -0.25) is 4.79 Å². The van der Waals surface area contributed by atoms with Gasteiger partial charge in [-0.1, -0.05) is 55.6 Å². The summed E-state index contributed by atoms with van der Waals surface area (Å²) in [5.74, 6) is 0.366. The highest BCUT2D eigenvalue weighted by atomic mass is 79.9. The number of ether oxygens (including phenoxy) is 1. The van der Waals surface area contributed by atoms with Crippen LogP contribution in [-0.4, -0.2) is 12.1 Å². The lowest BCUT2D eigenvalue weighted by Crippen LogP contribution is -2.16. The van der Waals surface area contributed by atoms with E-state index in [2.05, 4.69) is 42.4 Å². The van der Waals surface area contributed by atoms with Crippen molar-refractivity contribution in [1.82, 2.24) is 5.43 Å².